The minimum absolute atomic E-state index is 0.0143. The molecule has 0 aliphatic carbocycles. The van der Waals surface area contributed by atoms with Crippen LogP contribution in [0, 0.1) is 6.92 Å². The molecule has 25 heavy (non-hydrogen) atoms. The van der Waals surface area contributed by atoms with E-state index < -0.39 is 0 Å². The molecule has 5 heteroatoms. The molecule has 0 saturated carbocycles. The molecule has 1 aliphatic rings. The predicted molar refractivity (Wildman–Crippen MR) is 97.2 cm³/mol. The largest absolute Gasteiger partial charge is 0.343 e. The molecule has 5 nitrogen and oxygen atoms in total. The second-order valence-corrected chi connectivity index (χ2v) is 6.32. The molecule has 2 amide bonds. The number of pyridine rings is 1. The Kier molecular flexibility index (Phi) is 5.43. The molecule has 3 rings (SSSR count). The number of aromatic nitrogens is 1. The highest BCUT2D eigenvalue weighted by Gasteiger charge is 2.18. The molecule has 0 atom stereocenters. The maximum absolute atomic E-state index is 12.4. The van der Waals surface area contributed by atoms with Gasteiger partial charge in [-0.15, -0.1) is 0 Å². The van der Waals surface area contributed by atoms with E-state index in [9.17, 15) is 9.59 Å². The SMILES string of the molecule is Cc1nc(-c2ccccc2)ccc1C(=O)NCC(=O)N1CCCCC1. The molecule has 0 spiro atoms. The average Bonchev–Trinajstić information content (AvgIpc) is 2.67. The second kappa shape index (κ2) is 7.92. The van der Waals surface area contributed by atoms with E-state index in [2.05, 4.69) is 10.3 Å². The Hall–Kier alpha value is -2.69. The molecule has 1 aliphatic heterocycles. The summed E-state index contributed by atoms with van der Waals surface area (Å²) in [5.41, 5.74) is 3.01. The summed E-state index contributed by atoms with van der Waals surface area (Å²) in [5, 5.41) is 2.73. The van der Waals surface area contributed by atoms with Crippen LogP contribution in [0.2, 0.25) is 0 Å². The number of carbonyl (C=O) groups excluding carboxylic acids is 2. The molecular weight excluding hydrogens is 314 g/mol. The third kappa shape index (κ3) is 4.24. The van der Waals surface area contributed by atoms with Crippen LogP contribution in [-0.4, -0.2) is 41.3 Å². The number of rotatable bonds is 4. The Labute approximate surface area is 148 Å². The van der Waals surface area contributed by atoms with Gasteiger partial charge in [-0.25, -0.2) is 0 Å². The van der Waals surface area contributed by atoms with E-state index >= 15 is 0 Å². The monoisotopic (exact) mass is 337 g/mol. The number of aryl methyl sites for hydroxylation is 1. The fourth-order valence-electron chi connectivity index (χ4n) is 3.08. The van der Waals surface area contributed by atoms with E-state index in [1.807, 2.05) is 48.2 Å². The second-order valence-electron chi connectivity index (χ2n) is 6.32. The van der Waals surface area contributed by atoms with Gasteiger partial charge >= 0.3 is 0 Å². The summed E-state index contributed by atoms with van der Waals surface area (Å²) in [7, 11) is 0. The van der Waals surface area contributed by atoms with E-state index in [-0.39, 0.29) is 18.4 Å². The lowest BCUT2D eigenvalue weighted by molar-refractivity contribution is -0.130. The quantitative estimate of drug-likeness (QED) is 0.933. The van der Waals surface area contributed by atoms with Crippen molar-refractivity contribution in [2.24, 2.45) is 0 Å². The molecule has 1 saturated heterocycles. The van der Waals surface area contributed by atoms with Gasteiger partial charge in [0, 0.05) is 18.7 Å². The number of piperidine rings is 1. The van der Waals surface area contributed by atoms with Gasteiger partial charge in [-0.1, -0.05) is 30.3 Å². The maximum atomic E-state index is 12.4. The summed E-state index contributed by atoms with van der Waals surface area (Å²) in [5.74, 6) is -0.269. The first-order chi connectivity index (χ1) is 12.1. The molecular formula is C20H23N3O2. The average molecular weight is 337 g/mol. The molecule has 1 aromatic carbocycles. The van der Waals surface area contributed by atoms with Gasteiger partial charge in [0.1, 0.15) is 0 Å². The molecule has 1 N–H and O–H groups in total. The zero-order valence-electron chi connectivity index (χ0n) is 14.5. The smallest absolute Gasteiger partial charge is 0.253 e. The van der Waals surface area contributed by atoms with Gasteiger partial charge in [-0.05, 0) is 38.3 Å². The van der Waals surface area contributed by atoms with Crippen molar-refractivity contribution >= 4 is 11.8 Å². The summed E-state index contributed by atoms with van der Waals surface area (Å²) < 4.78 is 0. The van der Waals surface area contributed by atoms with Crippen molar-refractivity contribution in [3.8, 4) is 11.3 Å². The van der Waals surface area contributed by atoms with E-state index in [4.69, 9.17) is 0 Å². The normalized spacial score (nSPS) is 14.2. The highest BCUT2D eigenvalue weighted by molar-refractivity contribution is 5.97. The van der Waals surface area contributed by atoms with Gasteiger partial charge < -0.3 is 10.2 Å². The van der Waals surface area contributed by atoms with Crippen LogP contribution in [0.5, 0.6) is 0 Å². The lowest BCUT2D eigenvalue weighted by Crippen LogP contribution is -2.42. The Morgan fingerprint density at radius 2 is 1.76 bits per heavy atom. The van der Waals surface area contributed by atoms with Crippen LogP contribution in [-0.2, 0) is 4.79 Å². The van der Waals surface area contributed by atoms with Crippen molar-refractivity contribution in [1.29, 1.82) is 0 Å². The van der Waals surface area contributed by atoms with Gasteiger partial charge in [0.05, 0.1) is 23.5 Å². The minimum atomic E-state index is -0.255. The van der Waals surface area contributed by atoms with Crippen molar-refractivity contribution in [2.75, 3.05) is 19.6 Å². The van der Waals surface area contributed by atoms with Crippen LogP contribution in [0.15, 0.2) is 42.5 Å². The highest BCUT2D eigenvalue weighted by atomic mass is 16.2. The molecule has 1 aromatic heterocycles. The van der Waals surface area contributed by atoms with Gasteiger partial charge in [-0.2, -0.15) is 0 Å². The Bertz CT molecular complexity index is 753. The first-order valence-corrected chi connectivity index (χ1v) is 8.74. The Morgan fingerprint density at radius 3 is 2.44 bits per heavy atom. The Morgan fingerprint density at radius 1 is 1.04 bits per heavy atom. The number of amides is 2. The van der Waals surface area contributed by atoms with Crippen LogP contribution in [0.1, 0.15) is 35.3 Å². The van der Waals surface area contributed by atoms with Crippen molar-refractivity contribution in [3.05, 3.63) is 53.7 Å². The third-order valence-corrected chi connectivity index (χ3v) is 4.51. The first kappa shape index (κ1) is 17.1. The van der Waals surface area contributed by atoms with Crippen molar-refractivity contribution in [1.82, 2.24) is 15.2 Å². The summed E-state index contributed by atoms with van der Waals surface area (Å²) in [6.07, 6.45) is 3.27. The number of benzene rings is 1. The first-order valence-electron chi connectivity index (χ1n) is 8.74. The van der Waals surface area contributed by atoms with Gasteiger partial charge in [0.2, 0.25) is 5.91 Å². The lowest BCUT2D eigenvalue weighted by atomic mass is 10.1. The summed E-state index contributed by atoms with van der Waals surface area (Å²) >= 11 is 0. The molecule has 2 aromatic rings. The number of hydrogen-bond acceptors (Lipinski definition) is 3. The zero-order chi connectivity index (χ0) is 17.6. The van der Waals surface area contributed by atoms with Crippen molar-refractivity contribution in [2.45, 2.75) is 26.2 Å². The standard InChI is InChI=1S/C20H23N3O2/c1-15-17(10-11-18(22-15)16-8-4-2-5-9-16)20(25)21-14-19(24)23-12-6-3-7-13-23/h2,4-5,8-11H,3,6-7,12-14H2,1H3,(H,21,25). The van der Waals surface area contributed by atoms with Crippen LogP contribution < -0.4 is 5.32 Å². The van der Waals surface area contributed by atoms with E-state index in [1.54, 1.807) is 6.07 Å². The fourth-order valence-corrected chi connectivity index (χ4v) is 3.08. The molecule has 0 radical (unpaired) electrons. The number of nitrogens with one attached hydrogen (secondary N) is 1. The Balaban J connectivity index is 1.63. The maximum Gasteiger partial charge on any atom is 0.253 e. The predicted octanol–water partition coefficient (Wildman–Crippen LogP) is 2.80. The van der Waals surface area contributed by atoms with Crippen LogP contribution in [0.25, 0.3) is 11.3 Å². The third-order valence-electron chi connectivity index (χ3n) is 4.51. The number of likely N-dealkylation sites (tertiary alicyclic amines) is 1. The molecule has 2 heterocycles. The molecule has 130 valence electrons. The summed E-state index contributed by atoms with van der Waals surface area (Å²) in [6, 6.07) is 13.4. The van der Waals surface area contributed by atoms with Gasteiger partial charge in [0.15, 0.2) is 0 Å². The van der Waals surface area contributed by atoms with Crippen LogP contribution in [0.3, 0.4) is 0 Å². The lowest BCUT2D eigenvalue weighted by Gasteiger charge is -2.26. The number of nitrogens with zero attached hydrogens (tertiary/aromatic N) is 2. The van der Waals surface area contributed by atoms with E-state index in [0.29, 0.717) is 11.3 Å². The zero-order valence-corrected chi connectivity index (χ0v) is 14.5. The van der Waals surface area contributed by atoms with Crippen molar-refractivity contribution in [3.63, 3.8) is 0 Å². The summed E-state index contributed by atoms with van der Waals surface area (Å²) in [6.45, 7) is 3.44. The van der Waals surface area contributed by atoms with Crippen molar-refractivity contribution < 1.29 is 9.59 Å². The van der Waals surface area contributed by atoms with Gasteiger partial charge in [0.25, 0.3) is 5.91 Å². The van der Waals surface area contributed by atoms with Gasteiger partial charge in [-0.3, -0.25) is 14.6 Å². The molecule has 0 unspecified atom stereocenters. The fraction of sp³-hybridized carbons (Fsp3) is 0.350. The number of carbonyl (C=O) groups is 2. The van der Waals surface area contributed by atoms with E-state index in [1.165, 1.54) is 6.42 Å². The van der Waals surface area contributed by atoms with E-state index in [0.717, 1.165) is 37.2 Å². The highest BCUT2D eigenvalue weighted by Crippen LogP contribution is 2.18. The topological polar surface area (TPSA) is 62.3 Å². The minimum Gasteiger partial charge on any atom is -0.343 e. The number of hydrogen-bond donors (Lipinski definition) is 1. The summed E-state index contributed by atoms with van der Waals surface area (Å²) in [4.78, 5) is 30.9. The van der Waals surface area contributed by atoms with Crippen LogP contribution >= 0.6 is 0 Å². The molecule has 0 bridgehead atoms. The molecule has 1 fully saturated rings. The van der Waals surface area contributed by atoms with Crippen LogP contribution in [0.4, 0.5) is 0 Å².